The third-order valence-corrected chi connectivity index (χ3v) is 5.64. The second kappa shape index (κ2) is 7.98. The highest BCUT2D eigenvalue weighted by Gasteiger charge is 2.17. The molecule has 0 saturated heterocycles. The number of hydrogen-bond donors (Lipinski definition) is 1. The first-order valence-corrected chi connectivity index (χ1v) is 10.3. The van der Waals surface area contributed by atoms with E-state index in [4.69, 9.17) is 11.6 Å². The van der Waals surface area contributed by atoms with Gasteiger partial charge in [0, 0.05) is 48.7 Å². The number of aryl methyl sites for hydroxylation is 2. The van der Waals surface area contributed by atoms with Crippen LogP contribution in [0.25, 0.3) is 11.0 Å². The van der Waals surface area contributed by atoms with Crippen LogP contribution in [0.15, 0.2) is 23.6 Å². The minimum atomic E-state index is 0.0349. The average Bonchev–Trinajstić information content (AvgIpc) is 3.18. The fourth-order valence-electron chi connectivity index (χ4n) is 2.84. The van der Waals surface area contributed by atoms with Gasteiger partial charge in [-0.2, -0.15) is 0 Å². The van der Waals surface area contributed by atoms with Crippen LogP contribution in [0.3, 0.4) is 0 Å². The number of rotatable bonds is 6. The van der Waals surface area contributed by atoms with Gasteiger partial charge in [-0.05, 0) is 18.2 Å². The van der Waals surface area contributed by atoms with E-state index in [1.165, 1.54) is 0 Å². The van der Waals surface area contributed by atoms with Crippen molar-refractivity contribution in [2.75, 3.05) is 6.54 Å². The predicted molar refractivity (Wildman–Crippen MR) is 112 cm³/mol. The highest BCUT2D eigenvalue weighted by atomic mass is 35.5. The van der Waals surface area contributed by atoms with E-state index in [9.17, 15) is 4.79 Å². The predicted octanol–water partition coefficient (Wildman–Crippen LogP) is 4.27. The summed E-state index contributed by atoms with van der Waals surface area (Å²) in [6.07, 6.45) is 1.77. The van der Waals surface area contributed by atoms with Crippen molar-refractivity contribution in [2.24, 2.45) is 7.05 Å². The van der Waals surface area contributed by atoms with Crippen LogP contribution >= 0.6 is 22.9 Å². The zero-order valence-electron chi connectivity index (χ0n) is 16.2. The Labute approximate surface area is 168 Å². The third-order valence-electron chi connectivity index (χ3n) is 4.49. The maximum atomic E-state index is 12.2. The van der Waals surface area contributed by atoms with Crippen molar-refractivity contribution in [1.82, 2.24) is 19.9 Å². The normalized spacial score (nSPS) is 11.9. The van der Waals surface area contributed by atoms with Crippen LogP contribution < -0.4 is 5.32 Å². The molecule has 0 saturated carbocycles. The summed E-state index contributed by atoms with van der Waals surface area (Å²) in [6.45, 7) is 7.07. The Morgan fingerprint density at radius 1 is 1.26 bits per heavy atom. The lowest BCUT2D eigenvalue weighted by Crippen LogP contribution is -2.26. The molecule has 0 atom stereocenters. The summed E-state index contributed by atoms with van der Waals surface area (Å²) < 4.78 is 2.02. The van der Waals surface area contributed by atoms with Crippen molar-refractivity contribution < 1.29 is 4.79 Å². The van der Waals surface area contributed by atoms with Gasteiger partial charge in [-0.3, -0.25) is 4.79 Å². The van der Waals surface area contributed by atoms with E-state index in [0.29, 0.717) is 24.4 Å². The lowest BCUT2D eigenvalue weighted by molar-refractivity contribution is -0.121. The van der Waals surface area contributed by atoms with Crippen molar-refractivity contribution in [3.63, 3.8) is 0 Å². The van der Waals surface area contributed by atoms with Gasteiger partial charge < -0.3 is 9.88 Å². The molecule has 2 heterocycles. The molecule has 0 unspecified atom stereocenters. The Balaban J connectivity index is 1.49. The second-order valence-corrected chi connectivity index (χ2v) is 9.08. The number of nitrogens with one attached hydrogen (secondary N) is 1. The largest absolute Gasteiger partial charge is 0.356 e. The van der Waals surface area contributed by atoms with Crippen LogP contribution in [-0.2, 0) is 30.1 Å². The summed E-state index contributed by atoms with van der Waals surface area (Å²) in [5.74, 6) is 0.921. The summed E-state index contributed by atoms with van der Waals surface area (Å²) in [6, 6.07) is 5.65. The number of carbonyl (C=O) groups is 1. The van der Waals surface area contributed by atoms with E-state index in [-0.39, 0.29) is 11.3 Å². The third kappa shape index (κ3) is 4.87. The van der Waals surface area contributed by atoms with Gasteiger partial charge in [0.05, 0.1) is 21.7 Å². The lowest BCUT2D eigenvalue weighted by Gasteiger charge is -2.14. The molecule has 1 N–H and O–H groups in total. The Morgan fingerprint density at radius 2 is 2.04 bits per heavy atom. The van der Waals surface area contributed by atoms with E-state index in [0.717, 1.165) is 34.0 Å². The van der Waals surface area contributed by atoms with Crippen molar-refractivity contribution in [3.05, 3.63) is 45.1 Å². The molecule has 0 fully saturated rings. The number of aromatic nitrogens is 3. The minimum Gasteiger partial charge on any atom is -0.356 e. The standard InChI is InChI=1S/C20H25ClN4OS/c1-20(2,3)16-12-27-19(24-16)9-10-22-18(26)8-7-17-23-14-11-13(21)5-6-15(14)25(17)4/h5-6,11-12H,7-10H2,1-4H3,(H,22,26). The van der Waals surface area contributed by atoms with Gasteiger partial charge in [-0.1, -0.05) is 32.4 Å². The molecule has 1 aromatic carbocycles. The molecule has 1 amide bonds. The van der Waals surface area contributed by atoms with Gasteiger partial charge in [0.25, 0.3) is 0 Å². The van der Waals surface area contributed by atoms with Gasteiger partial charge in [0.15, 0.2) is 0 Å². The van der Waals surface area contributed by atoms with E-state index < -0.39 is 0 Å². The summed E-state index contributed by atoms with van der Waals surface area (Å²) in [5.41, 5.74) is 3.05. The van der Waals surface area contributed by atoms with Gasteiger partial charge in [-0.25, -0.2) is 9.97 Å². The minimum absolute atomic E-state index is 0.0349. The SMILES string of the molecule is Cn1c(CCC(=O)NCCc2nc(C(C)(C)C)cs2)nc2cc(Cl)ccc21. The number of nitrogens with zero attached hydrogens (tertiary/aromatic N) is 3. The number of thiazole rings is 1. The van der Waals surface area contributed by atoms with Crippen LogP contribution in [0.5, 0.6) is 0 Å². The summed E-state index contributed by atoms with van der Waals surface area (Å²) in [7, 11) is 1.96. The van der Waals surface area contributed by atoms with E-state index >= 15 is 0 Å². The van der Waals surface area contributed by atoms with Crippen LogP contribution in [0.1, 0.15) is 43.7 Å². The number of carbonyl (C=O) groups excluding carboxylic acids is 1. The number of amides is 1. The number of fused-ring (bicyclic) bond motifs is 1. The maximum Gasteiger partial charge on any atom is 0.220 e. The zero-order valence-corrected chi connectivity index (χ0v) is 17.7. The first kappa shape index (κ1) is 19.8. The summed E-state index contributed by atoms with van der Waals surface area (Å²) in [5, 5.41) is 6.82. The van der Waals surface area contributed by atoms with E-state index in [2.05, 4.69) is 41.4 Å². The Bertz CT molecular complexity index is 955. The van der Waals surface area contributed by atoms with Gasteiger partial charge in [0.2, 0.25) is 5.91 Å². The average molecular weight is 405 g/mol. The van der Waals surface area contributed by atoms with Crippen LogP contribution in [0, 0.1) is 0 Å². The second-order valence-electron chi connectivity index (χ2n) is 7.70. The molecule has 144 valence electrons. The molecule has 2 aromatic heterocycles. The fraction of sp³-hybridized carbons (Fsp3) is 0.450. The Morgan fingerprint density at radius 3 is 2.74 bits per heavy atom. The lowest BCUT2D eigenvalue weighted by atomic mass is 9.93. The van der Waals surface area contributed by atoms with Crippen LogP contribution in [0.4, 0.5) is 0 Å². The topological polar surface area (TPSA) is 59.8 Å². The first-order chi connectivity index (χ1) is 12.7. The molecule has 3 aromatic rings. The molecule has 3 rings (SSSR count). The molecular formula is C20H25ClN4OS. The molecule has 27 heavy (non-hydrogen) atoms. The number of imidazole rings is 1. The quantitative estimate of drug-likeness (QED) is 0.667. The molecule has 0 spiro atoms. The Hall–Kier alpha value is -1.92. The van der Waals surface area contributed by atoms with Crippen molar-refractivity contribution in [3.8, 4) is 0 Å². The molecule has 0 bridgehead atoms. The van der Waals surface area contributed by atoms with E-state index in [1.807, 2.05) is 29.8 Å². The maximum absolute atomic E-state index is 12.2. The van der Waals surface area contributed by atoms with Gasteiger partial charge >= 0.3 is 0 Å². The van der Waals surface area contributed by atoms with Crippen LogP contribution in [0.2, 0.25) is 5.02 Å². The fourth-order valence-corrected chi connectivity index (χ4v) is 4.03. The highest BCUT2D eigenvalue weighted by molar-refractivity contribution is 7.09. The molecule has 7 heteroatoms. The molecule has 0 aliphatic carbocycles. The molecule has 5 nitrogen and oxygen atoms in total. The van der Waals surface area contributed by atoms with Crippen molar-refractivity contribution in [2.45, 2.75) is 45.4 Å². The molecular weight excluding hydrogens is 380 g/mol. The van der Waals surface area contributed by atoms with Crippen LogP contribution in [-0.4, -0.2) is 27.0 Å². The number of halogens is 1. The molecule has 0 radical (unpaired) electrons. The summed E-state index contributed by atoms with van der Waals surface area (Å²) in [4.78, 5) is 21.4. The molecule has 0 aliphatic heterocycles. The smallest absolute Gasteiger partial charge is 0.220 e. The van der Waals surface area contributed by atoms with Crippen molar-refractivity contribution >= 4 is 39.9 Å². The van der Waals surface area contributed by atoms with Gasteiger partial charge in [-0.15, -0.1) is 11.3 Å². The van der Waals surface area contributed by atoms with Gasteiger partial charge in [0.1, 0.15) is 5.82 Å². The summed E-state index contributed by atoms with van der Waals surface area (Å²) >= 11 is 7.68. The first-order valence-electron chi connectivity index (χ1n) is 9.06. The van der Waals surface area contributed by atoms with Crippen molar-refractivity contribution in [1.29, 1.82) is 0 Å². The monoisotopic (exact) mass is 404 g/mol. The number of benzene rings is 1. The molecule has 0 aliphatic rings. The number of hydrogen-bond acceptors (Lipinski definition) is 4. The zero-order chi connectivity index (χ0) is 19.6. The van der Waals surface area contributed by atoms with E-state index in [1.54, 1.807) is 11.3 Å². The highest BCUT2D eigenvalue weighted by Crippen LogP contribution is 2.24. The Kier molecular flexibility index (Phi) is 5.86.